The van der Waals surface area contributed by atoms with Crippen LogP contribution in [0.4, 0.5) is 0 Å². The van der Waals surface area contributed by atoms with Gasteiger partial charge in [-0.25, -0.2) is 0 Å². The number of unbranched alkanes of at least 4 members (excludes halogenated alkanes) is 2. The Hall–Kier alpha value is 1.30. The van der Waals surface area contributed by atoms with Crippen molar-refractivity contribution in [2.24, 2.45) is 0 Å². The molecule has 0 aliphatic carbocycles. The van der Waals surface area contributed by atoms with E-state index in [4.69, 9.17) is 0 Å². The molecule has 0 atom stereocenters. The summed E-state index contributed by atoms with van der Waals surface area (Å²) in [6.07, 6.45) is 5.72. The Kier molecular flexibility index (Phi) is 17.9. The van der Waals surface area contributed by atoms with Crippen LogP contribution in [0.5, 0.6) is 0 Å². The quantitative estimate of drug-likeness (QED) is 0.420. The lowest BCUT2D eigenvalue weighted by Gasteiger charge is -1.93. The zero-order chi connectivity index (χ0) is 6.95. The number of hydrogen-bond acceptors (Lipinski definition) is 0. The molecule has 0 aromatic rings. The van der Waals surface area contributed by atoms with Crippen LogP contribution in [0, 0.1) is 0 Å². The molecular weight excluding hydrogens is 147 g/mol. The molecule has 0 aromatic heterocycles. The maximum atomic E-state index is 2.28. The molecule has 0 aromatic carbocycles. The Morgan fingerprint density at radius 3 is 1.60 bits per heavy atom. The van der Waals surface area contributed by atoms with Crippen molar-refractivity contribution in [1.82, 2.24) is 0 Å². The average Bonchev–Trinajstić information content (AvgIpc) is 1.89. The fourth-order valence-corrected chi connectivity index (χ4v) is 2.52. The van der Waals surface area contributed by atoms with Crippen LogP contribution in [-0.2, 0) is 0 Å². The molecule has 0 saturated heterocycles. The molecule has 0 heterocycles. The fourth-order valence-electron chi connectivity index (χ4n) is 0.841. The van der Waals surface area contributed by atoms with Gasteiger partial charge in [-0.05, 0) is 0 Å². The van der Waals surface area contributed by atoms with Crippen LogP contribution in [0.1, 0.15) is 39.5 Å². The minimum absolute atomic E-state index is 0. The monoisotopic (exact) mass is 167 g/mol. The van der Waals surface area contributed by atoms with Gasteiger partial charge in [0.15, 0.2) is 15.2 Å². The molecule has 0 saturated carbocycles. The van der Waals surface area contributed by atoms with E-state index in [0.717, 1.165) is 15.2 Å². The molecule has 0 spiro atoms. The van der Waals surface area contributed by atoms with Gasteiger partial charge in [-0.1, -0.05) is 39.5 Å². The molecule has 0 N–H and O–H groups in total. The lowest BCUT2D eigenvalue weighted by atomic mass is 10.4. The SMILES string of the molecule is CCC[CH2][Al][CH2]CCC.[MgH2]. The van der Waals surface area contributed by atoms with E-state index in [1.165, 1.54) is 36.2 Å². The summed E-state index contributed by atoms with van der Waals surface area (Å²) in [5.41, 5.74) is 0. The minimum Gasteiger partial charge on any atom is -0.104 e. The Morgan fingerprint density at radius 2 is 1.30 bits per heavy atom. The van der Waals surface area contributed by atoms with E-state index in [1.807, 2.05) is 0 Å². The van der Waals surface area contributed by atoms with Gasteiger partial charge in [0, 0.05) is 0 Å². The van der Waals surface area contributed by atoms with E-state index in [2.05, 4.69) is 13.8 Å². The van der Waals surface area contributed by atoms with E-state index in [-0.39, 0.29) is 23.1 Å². The average molecular weight is 168 g/mol. The Morgan fingerprint density at radius 1 is 0.900 bits per heavy atom. The molecular formula is C8H20AlMg. The predicted octanol–water partition coefficient (Wildman–Crippen LogP) is 2.21. The highest BCUT2D eigenvalue weighted by molar-refractivity contribution is 6.35. The van der Waals surface area contributed by atoms with Crippen molar-refractivity contribution in [2.45, 2.75) is 50.1 Å². The van der Waals surface area contributed by atoms with Crippen LogP contribution < -0.4 is 0 Å². The third-order valence-electron chi connectivity index (χ3n) is 1.52. The molecule has 0 aliphatic rings. The second kappa shape index (κ2) is 12.9. The van der Waals surface area contributed by atoms with E-state index < -0.39 is 0 Å². The van der Waals surface area contributed by atoms with Gasteiger partial charge in [0.05, 0.1) is 0 Å². The van der Waals surface area contributed by atoms with Crippen LogP contribution in [0.2, 0.25) is 10.6 Å². The molecule has 0 unspecified atom stereocenters. The molecule has 57 valence electrons. The topological polar surface area (TPSA) is 0 Å². The van der Waals surface area contributed by atoms with Gasteiger partial charge in [0.1, 0.15) is 0 Å². The lowest BCUT2D eigenvalue weighted by molar-refractivity contribution is 0.851. The molecule has 0 fully saturated rings. The van der Waals surface area contributed by atoms with Crippen molar-refractivity contribution >= 4 is 38.3 Å². The molecule has 2 heteroatoms. The number of hydrogen-bond donors (Lipinski definition) is 0. The largest absolute Gasteiger partial charge is 0.316 e. The molecule has 10 heavy (non-hydrogen) atoms. The molecule has 0 nitrogen and oxygen atoms in total. The zero-order valence-corrected chi connectivity index (χ0v) is 7.97. The van der Waals surface area contributed by atoms with Crippen LogP contribution in [-0.4, -0.2) is 38.3 Å². The highest BCUT2D eigenvalue weighted by atomic mass is 27.1. The summed E-state index contributed by atoms with van der Waals surface area (Å²) >= 11 is 0.818. The molecule has 1 radical (unpaired) electrons. The summed E-state index contributed by atoms with van der Waals surface area (Å²) in [7, 11) is 0. The second-order valence-corrected chi connectivity index (χ2v) is 4.31. The van der Waals surface area contributed by atoms with Gasteiger partial charge in [-0.2, -0.15) is 0 Å². The first kappa shape index (κ1) is 13.9. The van der Waals surface area contributed by atoms with Crippen LogP contribution in [0.15, 0.2) is 0 Å². The van der Waals surface area contributed by atoms with Gasteiger partial charge < -0.3 is 0 Å². The second-order valence-electron chi connectivity index (χ2n) is 2.57. The van der Waals surface area contributed by atoms with Crippen molar-refractivity contribution in [3.8, 4) is 0 Å². The van der Waals surface area contributed by atoms with Crippen molar-refractivity contribution in [3.63, 3.8) is 0 Å². The predicted molar refractivity (Wildman–Crippen MR) is 53.7 cm³/mol. The summed E-state index contributed by atoms with van der Waals surface area (Å²) in [6, 6.07) is 0. The fraction of sp³-hybridized carbons (Fsp3) is 1.00. The van der Waals surface area contributed by atoms with Gasteiger partial charge in [-0.15, -0.1) is 10.6 Å². The first-order chi connectivity index (χ1) is 4.41. The van der Waals surface area contributed by atoms with E-state index >= 15 is 0 Å². The summed E-state index contributed by atoms with van der Waals surface area (Å²) < 4.78 is 0. The summed E-state index contributed by atoms with van der Waals surface area (Å²) in [6.45, 7) is 4.55. The summed E-state index contributed by atoms with van der Waals surface area (Å²) in [5.74, 6) is 0. The smallest absolute Gasteiger partial charge is 0.104 e. The van der Waals surface area contributed by atoms with Gasteiger partial charge in [0.25, 0.3) is 0 Å². The van der Waals surface area contributed by atoms with Crippen molar-refractivity contribution in [2.75, 3.05) is 0 Å². The Balaban J connectivity index is 0. The van der Waals surface area contributed by atoms with Crippen LogP contribution in [0.25, 0.3) is 0 Å². The maximum Gasteiger partial charge on any atom is 0.316 e. The molecule has 0 rings (SSSR count). The third kappa shape index (κ3) is 12.0. The first-order valence-corrected chi connectivity index (χ1v) is 5.86. The van der Waals surface area contributed by atoms with Crippen LogP contribution >= 0.6 is 0 Å². The van der Waals surface area contributed by atoms with Crippen molar-refractivity contribution in [1.29, 1.82) is 0 Å². The normalized spacial score (nSPS) is 8.60. The van der Waals surface area contributed by atoms with Gasteiger partial charge in [-0.3, -0.25) is 0 Å². The highest BCUT2D eigenvalue weighted by Crippen LogP contribution is 1.99. The Bertz CT molecular complexity index is 42.5. The molecule has 0 amide bonds. The van der Waals surface area contributed by atoms with E-state index in [1.54, 1.807) is 0 Å². The van der Waals surface area contributed by atoms with Crippen molar-refractivity contribution < 1.29 is 0 Å². The van der Waals surface area contributed by atoms with E-state index in [9.17, 15) is 0 Å². The standard InChI is InChI=1S/2C4H9.Al.Mg.2H/c2*1-3-4-2;;;;/h2*1,3-4H2,2H3;;;;. The number of rotatable bonds is 6. The first-order valence-electron chi connectivity index (χ1n) is 4.23. The lowest BCUT2D eigenvalue weighted by Crippen LogP contribution is -1.87. The van der Waals surface area contributed by atoms with Gasteiger partial charge >= 0.3 is 23.1 Å². The highest BCUT2D eigenvalue weighted by Gasteiger charge is 1.89. The van der Waals surface area contributed by atoms with Gasteiger partial charge in [0.2, 0.25) is 0 Å². The summed E-state index contributed by atoms with van der Waals surface area (Å²) in [5, 5.41) is 3.08. The zero-order valence-electron chi connectivity index (χ0n) is 6.82. The third-order valence-corrected chi connectivity index (χ3v) is 3.16. The minimum atomic E-state index is 0. The van der Waals surface area contributed by atoms with Crippen LogP contribution in [0.3, 0.4) is 0 Å². The van der Waals surface area contributed by atoms with E-state index in [0.29, 0.717) is 0 Å². The maximum absolute atomic E-state index is 2.28. The molecule has 0 aliphatic heterocycles. The molecule has 0 bridgehead atoms. The summed E-state index contributed by atoms with van der Waals surface area (Å²) in [4.78, 5) is 0. The van der Waals surface area contributed by atoms with Crippen molar-refractivity contribution in [3.05, 3.63) is 0 Å². The Labute approximate surface area is 88.0 Å².